The van der Waals surface area contributed by atoms with Crippen molar-refractivity contribution >= 4 is 28.2 Å². The summed E-state index contributed by atoms with van der Waals surface area (Å²) in [4.78, 5) is 19.9. The predicted molar refractivity (Wildman–Crippen MR) is 140 cm³/mol. The van der Waals surface area contributed by atoms with E-state index in [-0.39, 0.29) is 17.8 Å². The second-order valence-electron chi connectivity index (χ2n) is 10.0. The number of carbonyl (C=O) groups is 1. The topological polar surface area (TPSA) is 87.7 Å². The Kier molecular flexibility index (Phi) is 5.75. The van der Waals surface area contributed by atoms with Gasteiger partial charge in [-0.15, -0.1) is 0 Å². The van der Waals surface area contributed by atoms with Crippen molar-refractivity contribution in [2.45, 2.75) is 45.0 Å². The number of anilines is 1. The lowest BCUT2D eigenvalue weighted by Crippen LogP contribution is -2.21. The first kappa shape index (κ1) is 22.8. The number of allylic oxidation sites excluding steroid dienone is 2. The molecule has 0 amide bonds. The monoisotopic (exact) mass is 482 g/mol. The van der Waals surface area contributed by atoms with Crippen LogP contribution in [0.2, 0.25) is 0 Å². The molecule has 1 aromatic carbocycles. The minimum atomic E-state index is -0.458. The summed E-state index contributed by atoms with van der Waals surface area (Å²) in [7, 11) is 1.98. The number of aliphatic hydroxyl groups excluding tert-OH is 1. The van der Waals surface area contributed by atoms with Crippen LogP contribution in [0.25, 0.3) is 10.9 Å². The molecule has 1 saturated carbocycles. The fourth-order valence-electron chi connectivity index (χ4n) is 5.02. The van der Waals surface area contributed by atoms with E-state index in [1.54, 1.807) is 10.8 Å². The number of aliphatic hydroxyl groups is 1. The second kappa shape index (κ2) is 9.08. The molecule has 0 radical (unpaired) electrons. The van der Waals surface area contributed by atoms with Crippen LogP contribution in [-0.4, -0.2) is 61.3 Å². The second-order valence-corrected chi connectivity index (χ2v) is 10.0. The van der Waals surface area contributed by atoms with Gasteiger partial charge < -0.3 is 15.0 Å². The highest BCUT2D eigenvalue weighted by molar-refractivity contribution is 6.10. The van der Waals surface area contributed by atoms with Gasteiger partial charge in [0, 0.05) is 72.7 Å². The Labute approximate surface area is 210 Å². The van der Waals surface area contributed by atoms with Crippen LogP contribution in [0.3, 0.4) is 0 Å². The zero-order valence-corrected chi connectivity index (χ0v) is 20.6. The van der Waals surface area contributed by atoms with E-state index in [2.05, 4.69) is 22.1 Å². The number of fused-ring (bicyclic) bond motifs is 1. The number of aliphatic imine (C=N–C) groups is 1. The molecule has 8 heteroatoms. The maximum atomic E-state index is 12.8. The molecule has 2 aliphatic heterocycles. The maximum Gasteiger partial charge on any atom is 0.184 e. The van der Waals surface area contributed by atoms with Gasteiger partial charge in [0.2, 0.25) is 0 Å². The normalized spacial score (nSPS) is 21.8. The minimum Gasteiger partial charge on any atom is -0.392 e. The fourth-order valence-corrected chi connectivity index (χ4v) is 5.02. The molecule has 2 atom stereocenters. The molecule has 8 nitrogen and oxygen atoms in total. The molecule has 1 unspecified atom stereocenters. The third-order valence-corrected chi connectivity index (χ3v) is 7.18. The molecule has 0 bridgehead atoms. The van der Waals surface area contributed by atoms with Crippen molar-refractivity contribution < 1.29 is 9.90 Å². The molecule has 3 aliphatic rings. The van der Waals surface area contributed by atoms with Crippen LogP contribution in [0.4, 0.5) is 5.69 Å². The number of nitrogens with one attached hydrogen (secondary N) is 1. The van der Waals surface area contributed by atoms with E-state index in [1.807, 2.05) is 55.2 Å². The van der Waals surface area contributed by atoms with Crippen LogP contribution in [-0.2, 0) is 13.6 Å². The van der Waals surface area contributed by atoms with Gasteiger partial charge in [0.1, 0.15) is 0 Å². The molecular formula is C28H30N6O2. The Bertz CT molecular complexity index is 1460. The van der Waals surface area contributed by atoms with Gasteiger partial charge in [-0.25, -0.2) is 9.67 Å². The third-order valence-electron chi connectivity index (χ3n) is 7.18. The average molecular weight is 483 g/mol. The third kappa shape index (κ3) is 4.48. The number of likely N-dealkylation sites (tertiary alicyclic amines) is 1. The first-order valence-electron chi connectivity index (χ1n) is 12.6. The van der Waals surface area contributed by atoms with E-state index in [9.17, 15) is 9.90 Å². The van der Waals surface area contributed by atoms with Crippen LogP contribution < -0.4 is 5.32 Å². The number of nitrogens with zero attached hydrogens (tertiary/aromatic N) is 5. The van der Waals surface area contributed by atoms with Crippen LogP contribution in [0.15, 0.2) is 47.7 Å². The quantitative estimate of drug-likeness (QED) is 0.417. The number of aryl methyl sites for hydroxylation is 2. The molecule has 184 valence electrons. The highest BCUT2D eigenvalue weighted by Gasteiger charge is 2.32. The Morgan fingerprint density at radius 2 is 2.11 bits per heavy atom. The van der Waals surface area contributed by atoms with E-state index < -0.39 is 6.17 Å². The zero-order valence-electron chi connectivity index (χ0n) is 20.6. The average Bonchev–Trinajstić information content (AvgIpc) is 3.50. The standard InChI is InChI=1S/C28H30N6O2/c1-18-20(14-33-12-11-22(35)16-33)15-34(31-18)27-6-4-3-5-26(30-27)29-21-9-10-25-23(13-21)24(17-32(25)2)28(36)19-7-8-19/h4,6,9-10,13,15,17,19,22,26,29,35H,7-8,11-12,14,16H2,1-2H3/t22-,26?/m1/s1. The van der Waals surface area contributed by atoms with Crippen LogP contribution in [0.5, 0.6) is 0 Å². The SMILES string of the molecule is Cc1nn(C2=NC(Nc3ccc4c(c3)c(C(=O)C3CC3)cn4C)C#CC=C2)cc1CN1CC[C@@H](O)C1. The number of aromatic nitrogens is 3. The van der Waals surface area contributed by atoms with Gasteiger partial charge >= 0.3 is 0 Å². The largest absolute Gasteiger partial charge is 0.392 e. The van der Waals surface area contributed by atoms with Crippen LogP contribution in [0, 0.1) is 24.7 Å². The summed E-state index contributed by atoms with van der Waals surface area (Å²) in [5, 5.41) is 18.9. The fraction of sp³-hybridized carbons (Fsp3) is 0.393. The molecule has 6 rings (SSSR count). The molecular weight excluding hydrogens is 452 g/mol. The van der Waals surface area contributed by atoms with Crippen molar-refractivity contribution in [3.05, 3.63) is 59.6 Å². The first-order valence-corrected chi connectivity index (χ1v) is 12.6. The molecule has 2 N–H and O–H groups in total. The van der Waals surface area contributed by atoms with Gasteiger partial charge in [0.25, 0.3) is 0 Å². The molecule has 1 aliphatic carbocycles. The lowest BCUT2D eigenvalue weighted by atomic mass is 10.1. The zero-order chi connectivity index (χ0) is 24.8. The summed E-state index contributed by atoms with van der Waals surface area (Å²) in [5.41, 5.74) is 4.77. The van der Waals surface area contributed by atoms with Crippen molar-refractivity contribution in [3.8, 4) is 11.8 Å². The minimum absolute atomic E-state index is 0.177. The van der Waals surface area contributed by atoms with E-state index in [0.717, 1.165) is 65.8 Å². The summed E-state index contributed by atoms with van der Waals surface area (Å²) >= 11 is 0. The molecule has 36 heavy (non-hydrogen) atoms. The van der Waals surface area contributed by atoms with Crippen molar-refractivity contribution in [3.63, 3.8) is 0 Å². The summed E-state index contributed by atoms with van der Waals surface area (Å²) in [5.74, 6) is 7.31. The number of rotatable bonds is 6. The number of hydrogen-bond donors (Lipinski definition) is 2. The van der Waals surface area contributed by atoms with Crippen molar-refractivity contribution in [1.29, 1.82) is 0 Å². The van der Waals surface area contributed by atoms with Crippen molar-refractivity contribution in [2.75, 3.05) is 18.4 Å². The molecule has 0 spiro atoms. The van der Waals surface area contributed by atoms with E-state index in [4.69, 9.17) is 10.1 Å². The summed E-state index contributed by atoms with van der Waals surface area (Å²) in [6.07, 6.45) is 9.72. The molecule has 1 saturated heterocycles. The van der Waals surface area contributed by atoms with Gasteiger partial charge in [-0.2, -0.15) is 5.10 Å². The molecule has 2 fully saturated rings. The lowest BCUT2D eigenvalue weighted by Gasteiger charge is -2.13. The summed E-state index contributed by atoms with van der Waals surface area (Å²) in [6, 6.07) is 6.07. The van der Waals surface area contributed by atoms with Gasteiger partial charge in [0.15, 0.2) is 17.8 Å². The van der Waals surface area contributed by atoms with Crippen molar-refractivity contribution in [2.24, 2.45) is 18.0 Å². The first-order chi connectivity index (χ1) is 17.4. The van der Waals surface area contributed by atoms with Gasteiger partial charge in [-0.3, -0.25) is 9.69 Å². The molecule has 4 heterocycles. The van der Waals surface area contributed by atoms with Crippen molar-refractivity contribution in [1.82, 2.24) is 19.2 Å². The van der Waals surface area contributed by atoms with Gasteiger partial charge in [-0.1, -0.05) is 5.92 Å². The summed E-state index contributed by atoms with van der Waals surface area (Å²) in [6.45, 7) is 4.36. The highest BCUT2D eigenvalue weighted by atomic mass is 16.3. The highest BCUT2D eigenvalue weighted by Crippen LogP contribution is 2.36. The van der Waals surface area contributed by atoms with E-state index >= 15 is 0 Å². The smallest absolute Gasteiger partial charge is 0.184 e. The number of β-amino-alcohol motifs (C(OH)–C–C–N with tert-alkyl or cyclic N) is 1. The Morgan fingerprint density at radius 1 is 1.25 bits per heavy atom. The lowest BCUT2D eigenvalue weighted by molar-refractivity contribution is 0.0969. The number of carbonyl (C=O) groups excluding carboxylic acids is 1. The van der Waals surface area contributed by atoms with E-state index in [1.165, 1.54) is 0 Å². The molecule has 2 aromatic heterocycles. The van der Waals surface area contributed by atoms with Gasteiger partial charge in [0.05, 0.1) is 11.8 Å². The maximum absolute atomic E-state index is 12.8. The number of Topliss-reactive ketones (excluding diaryl/α,β-unsaturated/α-hetero) is 1. The Balaban J connectivity index is 1.24. The number of benzene rings is 1. The van der Waals surface area contributed by atoms with Crippen LogP contribution in [0.1, 0.15) is 40.9 Å². The Hall–Kier alpha value is -3.67. The molecule has 3 aromatic rings. The summed E-state index contributed by atoms with van der Waals surface area (Å²) < 4.78 is 3.81. The predicted octanol–water partition coefficient (Wildman–Crippen LogP) is 3.10. The number of ketones is 1. The van der Waals surface area contributed by atoms with E-state index in [0.29, 0.717) is 12.4 Å². The number of hydrogen-bond acceptors (Lipinski definition) is 6. The van der Waals surface area contributed by atoms with Crippen LogP contribution >= 0.6 is 0 Å². The van der Waals surface area contributed by atoms with Gasteiger partial charge in [-0.05, 0) is 62.5 Å². The Morgan fingerprint density at radius 3 is 2.89 bits per heavy atom.